The van der Waals surface area contributed by atoms with Gasteiger partial charge in [-0.3, -0.25) is 14.6 Å². The van der Waals surface area contributed by atoms with E-state index in [9.17, 15) is 87.7 Å². The van der Waals surface area contributed by atoms with Crippen LogP contribution in [-0.2, 0) is 65.4 Å². The average Bonchev–Trinajstić information content (AvgIpc) is 0.907. The van der Waals surface area contributed by atoms with Crippen molar-refractivity contribution in [1.82, 2.24) is 10.3 Å². The van der Waals surface area contributed by atoms with E-state index in [4.69, 9.17) is 48.1 Å². The molecule has 1 amide bonds. The summed E-state index contributed by atoms with van der Waals surface area (Å²) in [6.07, 6.45) is 4.31. The third kappa shape index (κ3) is 40.0. The Balaban J connectivity index is -0.000000268. The summed E-state index contributed by atoms with van der Waals surface area (Å²) in [7, 11) is 4.14. The number of hydrogen-bond acceptors (Lipinski definition) is 19. The number of nitrogens with one attached hydrogen (secondary N) is 1. The topological polar surface area (TPSA) is 376 Å². The molecule has 3 heterocycles. The Morgan fingerprint density at radius 1 is 0.546 bits per heavy atom. The molecule has 9 N–H and O–H groups in total. The maximum absolute atomic E-state index is 14.6. The molecule has 2 aliphatic heterocycles. The number of rotatable bonds is 18. The van der Waals surface area contributed by atoms with Gasteiger partial charge in [0.25, 0.3) is 5.91 Å². The minimum atomic E-state index is -1.64. The van der Waals surface area contributed by atoms with Crippen LogP contribution >= 0.6 is 27.5 Å². The van der Waals surface area contributed by atoms with E-state index in [0.29, 0.717) is 38.3 Å². The van der Waals surface area contributed by atoms with Gasteiger partial charge in [-0.15, -0.1) is 0 Å². The molecule has 1 aromatic heterocycles. The minimum absolute atomic E-state index is 0. The monoisotopic (exact) mass is 1760 g/mol. The molecule has 39 heteroatoms. The molecule has 3 radical (unpaired) electrons. The van der Waals surface area contributed by atoms with E-state index in [1.807, 2.05) is 0 Å². The molecule has 2 aliphatic rings. The van der Waals surface area contributed by atoms with Crippen molar-refractivity contribution in [3.05, 3.63) is 244 Å². The number of ketones is 1. The van der Waals surface area contributed by atoms with Gasteiger partial charge in [0.15, 0.2) is 5.69 Å². The number of aliphatic hydroxyl groups excluding tert-OH is 4. The Labute approximate surface area is 745 Å². The number of benzene rings is 7. The first-order valence-corrected chi connectivity index (χ1v) is 34.4. The van der Waals surface area contributed by atoms with E-state index in [1.54, 1.807) is 42.6 Å². The first kappa shape index (κ1) is 122. The van der Waals surface area contributed by atoms with Crippen molar-refractivity contribution in [1.29, 1.82) is 0 Å². The van der Waals surface area contributed by atoms with E-state index in [0.717, 1.165) is 116 Å². The summed E-state index contributed by atoms with van der Waals surface area (Å²) in [6.45, 7) is 16.9. The van der Waals surface area contributed by atoms with Gasteiger partial charge < -0.3 is 72.0 Å². The first-order chi connectivity index (χ1) is 52.5. The second kappa shape index (κ2) is 62.1. The van der Waals surface area contributed by atoms with Crippen LogP contribution in [0.1, 0.15) is 149 Å². The number of aliphatic carboxylic acids is 1. The summed E-state index contributed by atoms with van der Waals surface area (Å²) in [4.78, 5) is 86.8. The summed E-state index contributed by atoms with van der Waals surface area (Å²) in [5.41, 5.74) is -0.419. The molecule has 10 rings (SSSR count). The fraction of sp³-hybridized carbons (Fsp3) is 0.338. The van der Waals surface area contributed by atoms with Crippen LogP contribution in [0, 0.1) is 64.7 Å². The van der Waals surface area contributed by atoms with E-state index >= 15 is 0 Å². The number of amides is 1. The Morgan fingerprint density at radius 3 is 1.18 bits per heavy atom. The summed E-state index contributed by atoms with van der Waals surface area (Å²) in [5.74, 6) is -18.1. The molecule has 7 aromatic carbocycles. The van der Waals surface area contributed by atoms with Gasteiger partial charge in [-0.05, 0) is 179 Å². The molecule has 2 fully saturated rings. The summed E-state index contributed by atoms with van der Waals surface area (Å²) in [5, 5.41) is 56.0. The van der Waals surface area contributed by atoms with E-state index in [1.165, 1.54) is 59.4 Å². The molecule has 635 valence electrons. The van der Waals surface area contributed by atoms with Crippen molar-refractivity contribution in [2.24, 2.45) is 0 Å². The number of nitrogens with zero attached hydrogens (tertiary/aromatic N) is 2. The number of carboxylic acid groups (broad SMARTS) is 2. The first-order valence-electron chi connectivity index (χ1n) is 33.2. The van der Waals surface area contributed by atoms with Crippen molar-refractivity contribution in [2.75, 3.05) is 54.9 Å². The Morgan fingerprint density at radius 2 is 0.882 bits per heavy atom. The van der Waals surface area contributed by atoms with Crippen molar-refractivity contribution in [2.45, 2.75) is 125 Å². The number of fused-ring (bicyclic) bond motifs is 1. The smallest absolute Gasteiger partial charge is 1.00 e. The number of carboxylic acids is 2. The normalized spacial score (nSPS) is 11.8. The van der Waals surface area contributed by atoms with Gasteiger partial charge >= 0.3 is 97.1 Å². The van der Waals surface area contributed by atoms with Crippen LogP contribution in [0.15, 0.2) is 114 Å². The van der Waals surface area contributed by atoms with Crippen molar-refractivity contribution in [3.63, 3.8) is 0 Å². The average molecular weight is 1770 g/mol. The fourth-order valence-corrected chi connectivity index (χ4v) is 10.9. The summed E-state index contributed by atoms with van der Waals surface area (Å²) < 4.78 is 158. The van der Waals surface area contributed by atoms with Crippen LogP contribution in [0.2, 0.25) is 5.02 Å². The second-order valence-electron chi connectivity index (χ2n) is 24.0. The molecule has 0 saturated carbocycles. The Hall–Kier alpha value is -8.06. The number of aromatic carboxylic acids is 1. The zero-order chi connectivity index (χ0) is 83.5. The van der Waals surface area contributed by atoms with Crippen LogP contribution in [0.5, 0.6) is 0 Å². The van der Waals surface area contributed by atoms with Crippen molar-refractivity contribution >= 4 is 94.1 Å². The van der Waals surface area contributed by atoms with Crippen molar-refractivity contribution in [3.8, 4) is 11.1 Å². The molecule has 0 bridgehead atoms. The summed E-state index contributed by atoms with van der Waals surface area (Å²) >= 11 is 9.30. The molecule has 3 unspecified atom stereocenters. The SMILES string of the molecule is C.C.C1CCOC1.C1CCOC1.CC(O)Cc1cc(F)c(C(=O)O)c(F)c1.CO.COC(=O)c1c(F)cc(Br)cc1F.COC(=O)c1c(F)cc(CC(C)=O)cc1F.COC(=O)c1c(F)cc(CC(C)O)cc1F.[B].[C-]#[N+]c1ccc(-c2ccc(C[C@H](NC(=O)c3c(F)cc(CC(C)O)cc3F)C(=O)O)c3cccnc23)c(Cl)c1.[H-].[Li+].[Li+].[Na+].[OH-].[OH-]. The molecule has 23 nitrogen and oxygen atoms in total. The van der Waals surface area contributed by atoms with Crippen LogP contribution in [0.25, 0.3) is 26.9 Å². The van der Waals surface area contributed by atoms with E-state index < -0.39 is 146 Å². The number of pyridine rings is 1. The predicted molar refractivity (Wildman–Crippen MR) is 415 cm³/mol. The van der Waals surface area contributed by atoms with Crippen LogP contribution < -0.4 is 72.6 Å². The standard InChI is InChI=1S/C29H22ClF2N3O4.C11H12F2O3.C11H10F2O3.C10H10F2O3.C8H5BrF2O2.2C4H8O.CH4O.2CH4.B.2Li.Na.2H2O.H/c1-15(36)10-16-11-23(31)26(24(32)12-16)28(37)35-25(29(38)39)13-17-5-7-21(27-19(17)4-3-9-34-27)20-8-6-18(33-2)14-22(20)30;2*1-6(14)3-7-4-8(12)10(9(13)5-7)11(15)16-2;1-5(13)2-6-3-7(11)9(10(14)15)8(12)4-6;1-13-8(12)7-5(10)2-4(9)3-6(7)11;2*1-2-4-5-3-1;1-2;;;;;;;;;/h3-9,11-12,14-15,25,36H,10,13H2,1H3,(H,35,37)(H,38,39);4-6,14H,3H2,1-2H3;4-5H,3H2,1-2H3;3-5,13H,2H2,1H3,(H,14,15);2-3H,1H3;2*1-4H2;2H,1H3;2*1H4;;;;;2*1H2;/q;;;;;;;;;;;3*+1;;;-1/p-2/t15?,25-;;;;;;;;;;;;;;;;/m0................/s1. The van der Waals surface area contributed by atoms with Crippen LogP contribution in [-0.4, -0.2) is 176 Å². The third-order valence-electron chi connectivity index (χ3n) is 15.0. The molecule has 2 saturated heterocycles. The summed E-state index contributed by atoms with van der Waals surface area (Å²) in [6, 6.07) is 19.8. The number of carbonyl (C=O) groups is 7. The number of aromatic nitrogens is 1. The zero-order valence-electron chi connectivity index (χ0n) is 66.4. The predicted octanol–water partition coefficient (Wildman–Crippen LogP) is 6.26. The van der Waals surface area contributed by atoms with E-state index in [-0.39, 0.29) is 168 Å². The number of hydrogen-bond donors (Lipinski definition) is 7. The fourth-order valence-electron chi connectivity index (χ4n) is 10.2. The number of esters is 3. The van der Waals surface area contributed by atoms with Gasteiger partial charge in [-0.25, -0.2) is 72.7 Å². The molecular formula is C80H90BBrClF10Li2N3NaO20. The maximum Gasteiger partial charge on any atom is 1.00 e. The number of Topliss-reactive ketones (excluding diaryl/α,β-unsaturated/α-hetero) is 1. The number of halogens is 12. The maximum atomic E-state index is 14.6. The number of methoxy groups -OCH3 is 3. The zero-order valence-corrected chi connectivity index (χ0v) is 69.7. The van der Waals surface area contributed by atoms with Gasteiger partial charge in [0.05, 0.1) is 51.7 Å². The van der Waals surface area contributed by atoms with Crippen molar-refractivity contribution < 1.29 is 211 Å². The van der Waals surface area contributed by atoms with Gasteiger partial charge in [0.2, 0.25) is 0 Å². The van der Waals surface area contributed by atoms with Gasteiger partial charge in [-0.1, -0.05) is 72.7 Å². The number of aliphatic hydroxyl groups is 4. The second-order valence-corrected chi connectivity index (χ2v) is 25.3. The third-order valence-corrected chi connectivity index (χ3v) is 15.8. The van der Waals surface area contributed by atoms with E-state index in [2.05, 4.69) is 45.3 Å². The van der Waals surface area contributed by atoms with Crippen LogP contribution in [0.4, 0.5) is 49.6 Å². The molecule has 119 heavy (non-hydrogen) atoms. The quantitative estimate of drug-likeness (QED) is 0.0164. The molecule has 8 aromatic rings. The Bertz CT molecular complexity index is 4480. The molecule has 0 spiro atoms. The Kier molecular flexibility index (Phi) is 63.6. The number of carbonyl (C=O) groups excluding carboxylic acids is 5. The number of ether oxygens (including phenoxy) is 5. The van der Waals surface area contributed by atoms with Gasteiger partial charge in [0.1, 0.15) is 97.8 Å². The molecule has 4 atom stereocenters. The largest absolute Gasteiger partial charge is 1.00 e. The van der Waals surface area contributed by atoms with Gasteiger partial charge in [0, 0.05) is 81.4 Å². The molecular weight excluding hydrogens is 1680 g/mol. The minimum Gasteiger partial charge on any atom is -1.00 e. The van der Waals surface area contributed by atoms with Crippen LogP contribution in [0.3, 0.4) is 0 Å². The molecule has 0 aliphatic carbocycles. The van der Waals surface area contributed by atoms with Gasteiger partial charge in [-0.2, -0.15) is 0 Å².